The molecule has 2 aliphatic carbocycles. The van der Waals surface area contributed by atoms with Crippen LogP contribution in [-0.4, -0.2) is 39.9 Å². The van der Waals surface area contributed by atoms with Gasteiger partial charge in [-0.3, -0.25) is 10.1 Å². The van der Waals surface area contributed by atoms with Gasteiger partial charge in [0.25, 0.3) is 5.91 Å². The molecule has 3 aromatic rings. The lowest BCUT2D eigenvalue weighted by molar-refractivity contribution is -0.133. The van der Waals surface area contributed by atoms with Gasteiger partial charge in [0.15, 0.2) is 16.1 Å². The number of methoxy groups -OCH3 is 1. The lowest BCUT2D eigenvalue weighted by Gasteiger charge is -2.27. The summed E-state index contributed by atoms with van der Waals surface area (Å²) in [5.41, 5.74) is 1.15. The first kappa shape index (κ1) is 26.7. The van der Waals surface area contributed by atoms with Gasteiger partial charge in [-0.05, 0) is 66.0 Å². The summed E-state index contributed by atoms with van der Waals surface area (Å²) in [4.78, 5) is 30.1. The molecule has 1 aromatic heterocycles. The average Bonchev–Trinajstić information content (AvgIpc) is 3.72. The zero-order valence-corrected chi connectivity index (χ0v) is 22.7. The number of carbonyl (C=O) groups excluding carboxylic acids is 2. The van der Waals surface area contributed by atoms with Crippen molar-refractivity contribution in [2.75, 3.05) is 12.4 Å². The van der Waals surface area contributed by atoms with Gasteiger partial charge in [-0.15, -0.1) is 0 Å². The maximum absolute atomic E-state index is 13.4. The third-order valence-electron chi connectivity index (χ3n) is 6.57. The number of nitrogens with zero attached hydrogens (tertiary/aromatic N) is 1. The summed E-state index contributed by atoms with van der Waals surface area (Å²) in [6.07, 6.45) is 7.97. The van der Waals surface area contributed by atoms with Crippen molar-refractivity contribution in [2.45, 2.75) is 67.3 Å². The molecule has 1 amide bonds. The second kappa shape index (κ2) is 12.3. The highest BCUT2D eigenvalue weighted by atomic mass is 32.2. The van der Waals surface area contributed by atoms with Crippen LogP contribution in [0.25, 0.3) is 0 Å². The Kier molecular flexibility index (Phi) is 8.63. The molecule has 10 heteroatoms. The number of carbonyl (C=O) groups is 2. The largest absolute Gasteiger partial charge is 0.611 e. The molecule has 8 nitrogen and oxygen atoms in total. The van der Waals surface area contributed by atoms with Crippen molar-refractivity contribution >= 4 is 39.5 Å². The minimum atomic E-state index is -0.999. The summed E-state index contributed by atoms with van der Waals surface area (Å²) in [6.45, 7) is 0. The van der Waals surface area contributed by atoms with Gasteiger partial charge in [-0.25, -0.2) is 9.78 Å². The van der Waals surface area contributed by atoms with Crippen molar-refractivity contribution in [2.24, 2.45) is 0 Å². The van der Waals surface area contributed by atoms with Gasteiger partial charge >= 0.3 is 5.97 Å². The van der Waals surface area contributed by atoms with Crippen LogP contribution in [0.1, 0.15) is 67.0 Å². The summed E-state index contributed by atoms with van der Waals surface area (Å²) < 4.78 is 29.4. The predicted molar refractivity (Wildman–Crippen MR) is 145 cm³/mol. The Hall–Kier alpha value is -2.92. The SMILES string of the molecule is COC(=O)c1ccc(Oc2cnc(NC(=O)C(OC3CCCCC3)c3ccc([S+]([O-])C4CC4)cc3)s2)cc1. The minimum Gasteiger partial charge on any atom is -0.611 e. The molecule has 5 rings (SSSR count). The van der Waals surface area contributed by atoms with Gasteiger partial charge in [0.2, 0.25) is 5.06 Å². The highest BCUT2D eigenvalue weighted by molar-refractivity contribution is 7.92. The van der Waals surface area contributed by atoms with Crippen molar-refractivity contribution in [1.29, 1.82) is 0 Å². The van der Waals surface area contributed by atoms with E-state index in [-0.39, 0.29) is 17.3 Å². The Balaban J connectivity index is 1.26. The Bertz CT molecular complexity index is 1240. The topological polar surface area (TPSA) is 110 Å². The number of hydrogen-bond donors (Lipinski definition) is 1. The number of nitrogens with one attached hydrogen (secondary N) is 1. The molecule has 1 heterocycles. The first-order chi connectivity index (χ1) is 18.5. The second-order valence-corrected chi connectivity index (χ2v) is 12.2. The zero-order valence-electron chi connectivity index (χ0n) is 21.1. The van der Waals surface area contributed by atoms with E-state index in [2.05, 4.69) is 10.3 Å². The molecule has 2 fully saturated rings. The van der Waals surface area contributed by atoms with E-state index in [1.165, 1.54) is 31.1 Å². The van der Waals surface area contributed by atoms with E-state index < -0.39 is 23.2 Å². The van der Waals surface area contributed by atoms with Crippen molar-refractivity contribution < 1.29 is 28.4 Å². The number of thiazole rings is 1. The summed E-state index contributed by atoms with van der Waals surface area (Å²) in [5.74, 6) is -0.202. The molecular formula is C28H30N2O6S2. The van der Waals surface area contributed by atoms with Crippen LogP contribution >= 0.6 is 11.3 Å². The fourth-order valence-corrected chi connectivity index (χ4v) is 6.41. The summed E-state index contributed by atoms with van der Waals surface area (Å²) in [7, 11) is 1.33. The molecule has 200 valence electrons. The third kappa shape index (κ3) is 6.74. The smallest absolute Gasteiger partial charge is 0.337 e. The first-order valence-electron chi connectivity index (χ1n) is 12.8. The van der Waals surface area contributed by atoms with Crippen molar-refractivity contribution in [3.63, 3.8) is 0 Å². The highest BCUT2D eigenvalue weighted by Gasteiger charge is 2.36. The molecule has 0 radical (unpaired) electrons. The summed E-state index contributed by atoms with van der Waals surface area (Å²) in [6, 6.07) is 13.9. The van der Waals surface area contributed by atoms with Crippen LogP contribution in [0.15, 0.2) is 59.6 Å². The van der Waals surface area contributed by atoms with E-state index in [0.29, 0.717) is 21.5 Å². The number of aromatic nitrogens is 1. The van der Waals surface area contributed by atoms with Gasteiger partial charge in [0.05, 0.1) is 25.0 Å². The van der Waals surface area contributed by atoms with Gasteiger partial charge in [-0.2, -0.15) is 0 Å². The molecule has 0 aliphatic heterocycles. The van der Waals surface area contributed by atoms with Crippen LogP contribution in [0.5, 0.6) is 10.8 Å². The van der Waals surface area contributed by atoms with Crippen LogP contribution in [0.2, 0.25) is 0 Å². The van der Waals surface area contributed by atoms with E-state index in [9.17, 15) is 14.1 Å². The fraction of sp³-hybridized carbons (Fsp3) is 0.393. The number of hydrogen-bond acceptors (Lipinski definition) is 8. The monoisotopic (exact) mass is 554 g/mol. The molecule has 2 atom stereocenters. The average molecular weight is 555 g/mol. The quantitative estimate of drug-likeness (QED) is 0.241. The maximum atomic E-state index is 13.4. The van der Waals surface area contributed by atoms with Crippen molar-refractivity contribution in [3.05, 3.63) is 65.9 Å². The molecular weight excluding hydrogens is 524 g/mol. The van der Waals surface area contributed by atoms with E-state index >= 15 is 0 Å². The normalized spacial score (nSPS) is 17.4. The molecule has 2 aromatic carbocycles. The molecule has 2 aliphatic rings. The number of esters is 1. The Morgan fingerprint density at radius 2 is 1.74 bits per heavy atom. The van der Waals surface area contributed by atoms with Crippen LogP contribution in [0, 0.1) is 0 Å². The minimum absolute atomic E-state index is 0.0166. The Morgan fingerprint density at radius 3 is 2.39 bits per heavy atom. The standard InChI is InChI=1S/C28H30N2O6S2/c1-34-27(32)19-7-11-21(12-8-19)35-24-17-29-28(37-24)30-26(31)25(36-20-5-3-2-4-6-20)18-9-13-22(14-10-18)38(33)23-15-16-23/h7-14,17,20,23,25H,2-6,15-16H2,1H3,(H,29,30,31). The Labute approximate surface area is 228 Å². The lowest BCUT2D eigenvalue weighted by Crippen LogP contribution is -2.28. The first-order valence-corrected chi connectivity index (χ1v) is 14.8. The van der Waals surface area contributed by atoms with Gasteiger partial charge in [0, 0.05) is 12.8 Å². The predicted octanol–water partition coefficient (Wildman–Crippen LogP) is 6.02. The van der Waals surface area contributed by atoms with Crippen molar-refractivity contribution in [1.82, 2.24) is 4.98 Å². The van der Waals surface area contributed by atoms with Gasteiger partial charge < -0.3 is 18.8 Å². The molecule has 0 bridgehead atoms. The molecule has 38 heavy (non-hydrogen) atoms. The number of ether oxygens (including phenoxy) is 3. The van der Waals surface area contributed by atoms with E-state index in [1.54, 1.807) is 24.3 Å². The van der Waals surface area contributed by atoms with Gasteiger partial charge in [-0.1, -0.05) is 42.7 Å². The van der Waals surface area contributed by atoms with Crippen LogP contribution in [-0.2, 0) is 25.4 Å². The van der Waals surface area contributed by atoms with E-state index in [4.69, 9.17) is 14.2 Å². The molecule has 2 saturated carbocycles. The molecule has 0 spiro atoms. The fourth-order valence-electron chi connectivity index (χ4n) is 4.37. The van der Waals surface area contributed by atoms with Crippen LogP contribution in [0.3, 0.4) is 0 Å². The molecule has 0 saturated heterocycles. The second-order valence-electron chi connectivity index (χ2n) is 9.43. The number of rotatable bonds is 10. The zero-order chi connectivity index (χ0) is 26.5. The number of benzene rings is 2. The highest BCUT2D eigenvalue weighted by Crippen LogP contribution is 2.35. The van der Waals surface area contributed by atoms with E-state index in [0.717, 1.165) is 49.0 Å². The summed E-state index contributed by atoms with van der Waals surface area (Å²) in [5, 5.41) is 4.01. The van der Waals surface area contributed by atoms with Crippen molar-refractivity contribution in [3.8, 4) is 10.8 Å². The third-order valence-corrected chi connectivity index (χ3v) is 9.17. The van der Waals surface area contributed by atoms with Gasteiger partial charge in [0.1, 0.15) is 11.0 Å². The summed E-state index contributed by atoms with van der Waals surface area (Å²) >= 11 is 0.194. The number of anilines is 1. The maximum Gasteiger partial charge on any atom is 0.337 e. The van der Waals surface area contributed by atoms with Crippen LogP contribution < -0.4 is 10.1 Å². The lowest BCUT2D eigenvalue weighted by atomic mass is 9.97. The Morgan fingerprint density at radius 1 is 1.03 bits per heavy atom. The van der Waals surface area contributed by atoms with E-state index in [1.807, 2.05) is 24.3 Å². The van der Waals surface area contributed by atoms with Crippen LogP contribution in [0.4, 0.5) is 5.13 Å². The molecule has 2 unspecified atom stereocenters. The number of amides is 1. The molecule has 1 N–H and O–H groups in total.